The highest BCUT2D eigenvalue weighted by Gasteiger charge is 2.12. The lowest BCUT2D eigenvalue weighted by molar-refractivity contribution is 0.409. The largest absolute Gasteiger partial charge is 0.328 e. The lowest BCUT2D eigenvalue weighted by Gasteiger charge is -2.20. The molecule has 0 amide bonds. The van der Waals surface area contributed by atoms with E-state index in [1.54, 1.807) is 0 Å². The number of rotatable bonds is 1. The van der Waals surface area contributed by atoms with Crippen LogP contribution in [0.4, 0.5) is 0 Å². The molecule has 52 valence electrons. The number of allylic oxidation sites excluding steroid dienone is 2. The molecule has 1 aliphatic carbocycles. The van der Waals surface area contributed by atoms with E-state index in [-0.39, 0.29) is 0 Å². The minimum Gasteiger partial charge on any atom is -0.328 e. The molecule has 1 heteroatoms. The molecule has 2 N–H and O–H groups in total. The van der Waals surface area contributed by atoms with Crippen LogP contribution in [-0.4, -0.2) is 6.04 Å². The van der Waals surface area contributed by atoms with Crippen molar-refractivity contribution in [1.82, 2.24) is 0 Å². The van der Waals surface area contributed by atoms with Crippen molar-refractivity contribution in [2.45, 2.75) is 32.2 Å². The summed E-state index contributed by atoms with van der Waals surface area (Å²) in [5.41, 5.74) is 5.73. The normalized spacial score (nSPS) is 30.2. The molecule has 0 spiro atoms. The van der Waals surface area contributed by atoms with E-state index >= 15 is 0 Å². The fraction of sp³-hybridized carbons (Fsp3) is 0.750. The summed E-state index contributed by atoms with van der Waals surface area (Å²) < 4.78 is 0. The van der Waals surface area contributed by atoms with Gasteiger partial charge in [0.2, 0.25) is 0 Å². The minimum absolute atomic E-state index is 0.384. The molecule has 0 bridgehead atoms. The maximum Gasteiger partial charge on any atom is 0.00418 e. The Hall–Kier alpha value is -0.300. The number of nitrogens with two attached hydrogens (primary N) is 1. The third-order valence-electron chi connectivity index (χ3n) is 2.05. The first-order chi connectivity index (χ1) is 4.30. The van der Waals surface area contributed by atoms with Crippen molar-refractivity contribution in [3.8, 4) is 0 Å². The summed E-state index contributed by atoms with van der Waals surface area (Å²) in [6.45, 7) is 2.10. The molecule has 1 nitrogen and oxygen atoms in total. The summed E-state index contributed by atoms with van der Waals surface area (Å²) in [7, 11) is 0. The zero-order chi connectivity index (χ0) is 6.69. The van der Waals surface area contributed by atoms with Crippen LogP contribution in [-0.2, 0) is 0 Å². The Kier molecular flexibility index (Phi) is 2.29. The van der Waals surface area contributed by atoms with Gasteiger partial charge in [0.15, 0.2) is 0 Å². The molecule has 0 radical (unpaired) electrons. The molecule has 0 saturated heterocycles. The van der Waals surface area contributed by atoms with Gasteiger partial charge < -0.3 is 5.73 Å². The van der Waals surface area contributed by atoms with Crippen LogP contribution < -0.4 is 5.73 Å². The molecule has 0 aliphatic heterocycles. The molecule has 0 fully saturated rings. The van der Waals surface area contributed by atoms with Gasteiger partial charge in [-0.3, -0.25) is 0 Å². The van der Waals surface area contributed by atoms with E-state index in [2.05, 4.69) is 19.1 Å². The summed E-state index contributed by atoms with van der Waals surface area (Å²) in [6.07, 6.45) is 8.20. The van der Waals surface area contributed by atoms with Crippen molar-refractivity contribution in [3.63, 3.8) is 0 Å². The van der Waals surface area contributed by atoms with Crippen molar-refractivity contribution in [2.75, 3.05) is 0 Å². The zero-order valence-electron chi connectivity index (χ0n) is 6.01. The standard InChI is InChI=1S/C8H15N/c1-7(9)8-5-3-2-4-6-8/h2-3,7-8H,4-6,9H2,1H3/t7-,8?/m1/s1. The molecular formula is C8H15N. The van der Waals surface area contributed by atoms with E-state index in [1.165, 1.54) is 19.3 Å². The van der Waals surface area contributed by atoms with Crippen molar-refractivity contribution < 1.29 is 0 Å². The maximum absolute atomic E-state index is 5.73. The zero-order valence-corrected chi connectivity index (χ0v) is 6.01. The Labute approximate surface area is 56.9 Å². The van der Waals surface area contributed by atoms with Gasteiger partial charge in [0.25, 0.3) is 0 Å². The predicted molar refractivity (Wildman–Crippen MR) is 40.1 cm³/mol. The first-order valence-electron chi connectivity index (χ1n) is 3.71. The van der Waals surface area contributed by atoms with Gasteiger partial charge in [-0.2, -0.15) is 0 Å². The average molecular weight is 125 g/mol. The summed E-state index contributed by atoms with van der Waals surface area (Å²) >= 11 is 0. The van der Waals surface area contributed by atoms with Crippen LogP contribution in [0.1, 0.15) is 26.2 Å². The van der Waals surface area contributed by atoms with E-state index in [9.17, 15) is 0 Å². The van der Waals surface area contributed by atoms with Gasteiger partial charge >= 0.3 is 0 Å². The van der Waals surface area contributed by atoms with Crippen LogP contribution in [0.25, 0.3) is 0 Å². The monoisotopic (exact) mass is 125 g/mol. The third kappa shape index (κ3) is 1.83. The van der Waals surface area contributed by atoms with Gasteiger partial charge in [0, 0.05) is 6.04 Å². The van der Waals surface area contributed by atoms with Crippen LogP contribution >= 0.6 is 0 Å². The van der Waals surface area contributed by atoms with Crippen molar-refractivity contribution in [2.24, 2.45) is 11.7 Å². The molecular weight excluding hydrogens is 110 g/mol. The van der Waals surface area contributed by atoms with E-state index in [4.69, 9.17) is 5.73 Å². The van der Waals surface area contributed by atoms with E-state index in [0.29, 0.717) is 6.04 Å². The van der Waals surface area contributed by atoms with Crippen LogP contribution in [0.5, 0.6) is 0 Å². The average Bonchev–Trinajstić information content (AvgIpc) is 1.90. The third-order valence-corrected chi connectivity index (χ3v) is 2.05. The maximum atomic E-state index is 5.73. The summed E-state index contributed by atoms with van der Waals surface area (Å²) in [5, 5.41) is 0. The molecule has 9 heavy (non-hydrogen) atoms. The molecule has 1 aliphatic rings. The van der Waals surface area contributed by atoms with Crippen LogP contribution in [0, 0.1) is 5.92 Å². The second-order valence-corrected chi connectivity index (χ2v) is 2.90. The van der Waals surface area contributed by atoms with Gasteiger partial charge in [-0.15, -0.1) is 0 Å². The summed E-state index contributed by atoms with van der Waals surface area (Å²) in [6, 6.07) is 0.384. The second kappa shape index (κ2) is 3.02. The van der Waals surface area contributed by atoms with Gasteiger partial charge in [-0.05, 0) is 32.1 Å². The Bertz CT molecular complexity index is 105. The van der Waals surface area contributed by atoms with Gasteiger partial charge in [0.05, 0.1) is 0 Å². The Morgan fingerprint density at radius 2 is 2.33 bits per heavy atom. The quantitative estimate of drug-likeness (QED) is 0.530. The van der Waals surface area contributed by atoms with Gasteiger partial charge in [0.1, 0.15) is 0 Å². The molecule has 1 rings (SSSR count). The van der Waals surface area contributed by atoms with E-state index < -0.39 is 0 Å². The van der Waals surface area contributed by atoms with Crippen LogP contribution in [0.3, 0.4) is 0 Å². The lowest BCUT2D eigenvalue weighted by atomic mass is 9.89. The second-order valence-electron chi connectivity index (χ2n) is 2.90. The van der Waals surface area contributed by atoms with Gasteiger partial charge in [-0.25, -0.2) is 0 Å². The predicted octanol–water partition coefficient (Wildman–Crippen LogP) is 1.69. The summed E-state index contributed by atoms with van der Waals surface area (Å²) in [5.74, 6) is 0.745. The molecule has 1 unspecified atom stereocenters. The Balaban J connectivity index is 2.35. The SMILES string of the molecule is C[C@@H](N)C1CC=CCC1. The first kappa shape index (κ1) is 6.81. The highest BCUT2D eigenvalue weighted by Crippen LogP contribution is 2.19. The van der Waals surface area contributed by atoms with Crippen molar-refractivity contribution >= 4 is 0 Å². The Morgan fingerprint density at radius 3 is 2.67 bits per heavy atom. The highest BCUT2D eigenvalue weighted by molar-refractivity contribution is 4.92. The molecule has 0 aromatic carbocycles. The van der Waals surface area contributed by atoms with Crippen LogP contribution in [0.2, 0.25) is 0 Å². The fourth-order valence-electron chi connectivity index (χ4n) is 1.29. The van der Waals surface area contributed by atoms with Gasteiger partial charge in [-0.1, -0.05) is 12.2 Å². The molecule has 0 aromatic heterocycles. The highest BCUT2D eigenvalue weighted by atomic mass is 14.6. The van der Waals surface area contributed by atoms with E-state index in [0.717, 1.165) is 5.92 Å². The lowest BCUT2D eigenvalue weighted by Crippen LogP contribution is -2.26. The van der Waals surface area contributed by atoms with Crippen LogP contribution in [0.15, 0.2) is 12.2 Å². The molecule has 0 heterocycles. The topological polar surface area (TPSA) is 26.0 Å². The molecule has 0 saturated carbocycles. The van der Waals surface area contributed by atoms with E-state index in [1.807, 2.05) is 0 Å². The molecule has 2 atom stereocenters. The first-order valence-corrected chi connectivity index (χ1v) is 3.71. The van der Waals surface area contributed by atoms with Crippen molar-refractivity contribution in [3.05, 3.63) is 12.2 Å². The minimum atomic E-state index is 0.384. The Morgan fingerprint density at radius 1 is 1.56 bits per heavy atom. The molecule has 0 aromatic rings. The number of hydrogen-bond acceptors (Lipinski definition) is 1. The van der Waals surface area contributed by atoms with Crippen molar-refractivity contribution in [1.29, 1.82) is 0 Å². The summed E-state index contributed by atoms with van der Waals surface area (Å²) in [4.78, 5) is 0. The fourth-order valence-corrected chi connectivity index (χ4v) is 1.29. The number of hydrogen-bond donors (Lipinski definition) is 1. The smallest absolute Gasteiger partial charge is 0.00418 e.